The zero-order valence-corrected chi connectivity index (χ0v) is 10.8. The number of aryl methyl sites for hydroxylation is 1. The van der Waals surface area contributed by atoms with Gasteiger partial charge in [0.15, 0.2) is 0 Å². The number of piperidine rings is 1. The maximum Gasteiger partial charge on any atom is 0.290 e. The number of likely N-dealkylation sites (tertiary alicyclic amines) is 1. The van der Waals surface area contributed by atoms with E-state index in [2.05, 4.69) is 6.92 Å². The molecule has 6 heteroatoms. The van der Waals surface area contributed by atoms with Crippen LogP contribution in [0.3, 0.4) is 0 Å². The Balaban J connectivity index is 2.00. The molecule has 2 N–H and O–H groups in total. The largest absolute Gasteiger partial charge is 0.373 e. The number of carbonyl (C=O) groups is 1. The molecule has 0 radical (unpaired) electrons. The molecule has 0 aromatic carbocycles. The van der Waals surface area contributed by atoms with E-state index in [1.807, 2.05) is 4.90 Å². The Hall–Kier alpha value is -1.40. The molecule has 0 aliphatic carbocycles. The van der Waals surface area contributed by atoms with Crippen molar-refractivity contribution in [3.05, 3.63) is 22.2 Å². The lowest BCUT2D eigenvalue weighted by Gasteiger charge is -2.34. The molecule has 0 spiro atoms. The van der Waals surface area contributed by atoms with E-state index in [0.717, 1.165) is 17.7 Å². The lowest BCUT2D eigenvalue weighted by Crippen LogP contribution is -2.49. The molecular weight excluding hydrogens is 234 g/mol. The Morgan fingerprint density at radius 3 is 2.89 bits per heavy atom. The summed E-state index contributed by atoms with van der Waals surface area (Å²) < 4.78 is 5.88. The predicted molar refractivity (Wildman–Crippen MR) is 66.5 cm³/mol. The fourth-order valence-electron chi connectivity index (χ4n) is 2.19. The van der Waals surface area contributed by atoms with E-state index >= 15 is 0 Å². The lowest BCUT2D eigenvalue weighted by atomic mass is 9.94. The Bertz CT molecular complexity index is 491. The topological polar surface area (TPSA) is 81.5 Å². The fourth-order valence-corrected chi connectivity index (χ4v) is 2.19. The number of nitrogens with two attached hydrogens (primary N) is 1. The average Bonchev–Trinajstić information content (AvgIpc) is 2.63. The highest BCUT2D eigenvalue weighted by molar-refractivity contribution is 5.79. The van der Waals surface area contributed by atoms with Crippen LogP contribution in [0.2, 0.25) is 0 Å². The quantitative estimate of drug-likeness (QED) is 0.806. The van der Waals surface area contributed by atoms with Gasteiger partial charge in [-0.2, -0.15) is 0 Å². The third-order valence-corrected chi connectivity index (χ3v) is 3.45. The van der Waals surface area contributed by atoms with Crippen LogP contribution in [0.5, 0.6) is 0 Å². The average molecular weight is 253 g/mol. The molecule has 2 heterocycles. The van der Waals surface area contributed by atoms with Gasteiger partial charge in [-0.15, -0.1) is 4.74 Å². The molecular formula is C12H19N3O3. The van der Waals surface area contributed by atoms with Gasteiger partial charge in [-0.05, 0) is 25.8 Å². The molecule has 100 valence electrons. The van der Waals surface area contributed by atoms with E-state index in [4.69, 9.17) is 10.3 Å². The van der Waals surface area contributed by atoms with Crippen molar-refractivity contribution in [1.29, 1.82) is 0 Å². The highest BCUT2D eigenvalue weighted by Crippen LogP contribution is 2.15. The fraction of sp³-hybridized carbons (Fsp3) is 0.667. The SMILES string of the molecule is Cc1cc(=O)n(C(=O)CN2CCC(C)C(N)C2)o1. The zero-order valence-electron chi connectivity index (χ0n) is 10.8. The highest BCUT2D eigenvalue weighted by atomic mass is 16.5. The predicted octanol–water partition coefficient (Wildman–Crippen LogP) is 0.0590. The van der Waals surface area contributed by atoms with Crippen LogP contribution in [0.1, 0.15) is 23.9 Å². The van der Waals surface area contributed by atoms with Crippen LogP contribution in [0.15, 0.2) is 15.4 Å². The summed E-state index contributed by atoms with van der Waals surface area (Å²) in [6.07, 6.45) is 0.973. The van der Waals surface area contributed by atoms with Gasteiger partial charge in [-0.3, -0.25) is 14.5 Å². The van der Waals surface area contributed by atoms with Crippen molar-refractivity contribution in [1.82, 2.24) is 9.64 Å². The summed E-state index contributed by atoms with van der Waals surface area (Å²) in [5.74, 6) is 0.581. The standard InChI is InChI=1S/C12H19N3O3/c1-8-3-4-14(6-10(8)13)7-12(17)15-11(16)5-9(2)18-15/h5,8,10H,3-4,6-7,13H2,1-2H3. The first kappa shape index (κ1) is 13.0. The Kier molecular flexibility index (Phi) is 3.68. The molecule has 6 nitrogen and oxygen atoms in total. The van der Waals surface area contributed by atoms with E-state index in [0.29, 0.717) is 18.2 Å². The molecule has 2 unspecified atom stereocenters. The molecule has 1 aromatic rings. The van der Waals surface area contributed by atoms with Gasteiger partial charge in [-0.25, -0.2) is 0 Å². The van der Waals surface area contributed by atoms with E-state index in [1.165, 1.54) is 6.07 Å². The summed E-state index contributed by atoms with van der Waals surface area (Å²) >= 11 is 0. The van der Waals surface area contributed by atoms with Crippen molar-refractivity contribution in [3.8, 4) is 0 Å². The molecule has 18 heavy (non-hydrogen) atoms. The molecule has 0 saturated carbocycles. The van der Waals surface area contributed by atoms with Crippen LogP contribution in [0.4, 0.5) is 0 Å². The molecule has 1 saturated heterocycles. The van der Waals surface area contributed by atoms with E-state index in [-0.39, 0.29) is 18.5 Å². The number of hydrogen-bond donors (Lipinski definition) is 1. The van der Waals surface area contributed by atoms with Crippen LogP contribution >= 0.6 is 0 Å². The van der Waals surface area contributed by atoms with E-state index in [9.17, 15) is 9.59 Å². The summed E-state index contributed by atoms with van der Waals surface area (Å²) in [5, 5.41) is 0. The van der Waals surface area contributed by atoms with Crippen LogP contribution < -0.4 is 11.3 Å². The second-order valence-electron chi connectivity index (χ2n) is 5.04. The summed E-state index contributed by atoms with van der Waals surface area (Å²) in [7, 11) is 0. The van der Waals surface area contributed by atoms with Gasteiger partial charge in [0.2, 0.25) is 0 Å². The molecule has 0 amide bonds. The molecule has 2 atom stereocenters. The van der Waals surface area contributed by atoms with Crippen molar-refractivity contribution in [2.24, 2.45) is 11.7 Å². The van der Waals surface area contributed by atoms with Crippen LogP contribution in [0.25, 0.3) is 0 Å². The first-order valence-corrected chi connectivity index (χ1v) is 6.18. The Morgan fingerprint density at radius 2 is 2.33 bits per heavy atom. The first-order chi connectivity index (χ1) is 8.47. The lowest BCUT2D eigenvalue weighted by molar-refractivity contribution is 0.0674. The number of nitrogens with zero attached hydrogens (tertiary/aromatic N) is 2. The highest BCUT2D eigenvalue weighted by Gasteiger charge is 2.25. The Morgan fingerprint density at radius 1 is 1.61 bits per heavy atom. The molecule has 0 bridgehead atoms. The normalized spacial score (nSPS) is 25.3. The van der Waals surface area contributed by atoms with Gasteiger partial charge in [0.1, 0.15) is 5.76 Å². The second kappa shape index (κ2) is 5.07. The number of carbonyl (C=O) groups excluding carboxylic acids is 1. The molecule has 1 aromatic heterocycles. The van der Waals surface area contributed by atoms with Crippen LogP contribution in [-0.4, -0.2) is 41.2 Å². The van der Waals surface area contributed by atoms with Crippen molar-refractivity contribution < 1.29 is 9.32 Å². The van der Waals surface area contributed by atoms with Gasteiger partial charge in [0.05, 0.1) is 6.54 Å². The smallest absolute Gasteiger partial charge is 0.290 e. The summed E-state index contributed by atoms with van der Waals surface area (Å²) in [4.78, 5) is 25.3. The van der Waals surface area contributed by atoms with Crippen molar-refractivity contribution >= 4 is 5.91 Å². The molecule has 2 rings (SSSR count). The minimum Gasteiger partial charge on any atom is -0.373 e. The van der Waals surface area contributed by atoms with Crippen molar-refractivity contribution in [2.45, 2.75) is 26.3 Å². The maximum absolute atomic E-state index is 11.9. The second-order valence-corrected chi connectivity index (χ2v) is 5.04. The van der Waals surface area contributed by atoms with Gasteiger partial charge in [0, 0.05) is 18.7 Å². The zero-order chi connectivity index (χ0) is 13.3. The molecule has 1 aliphatic rings. The van der Waals surface area contributed by atoms with Crippen molar-refractivity contribution in [2.75, 3.05) is 19.6 Å². The van der Waals surface area contributed by atoms with Gasteiger partial charge in [0.25, 0.3) is 11.5 Å². The third-order valence-electron chi connectivity index (χ3n) is 3.45. The minimum absolute atomic E-state index is 0.0848. The van der Waals surface area contributed by atoms with E-state index in [1.54, 1.807) is 6.92 Å². The Labute approximate surface area is 105 Å². The summed E-state index contributed by atoms with van der Waals surface area (Å²) in [6.45, 7) is 5.44. The summed E-state index contributed by atoms with van der Waals surface area (Å²) in [5.41, 5.74) is 5.56. The van der Waals surface area contributed by atoms with Gasteiger partial charge < -0.3 is 10.3 Å². The van der Waals surface area contributed by atoms with Crippen LogP contribution in [0, 0.1) is 12.8 Å². The maximum atomic E-state index is 11.9. The third kappa shape index (κ3) is 2.70. The van der Waals surface area contributed by atoms with Crippen LogP contribution in [-0.2, 0) is 0 Å². The molecule has 1 aliphatic heterocycles. The summed E-state index contributed by atoms with van der Waals surface area (Å²) in [6, 6.07) is 1.39. The first-order valence-electron chi connectivity index (χ1n) is 6.18. The van der Waals surface area contributed by atoms with Gasteiger partial charge >= 0.3 is 0 Å². The minimum atomic E-state index is -0.410. The van der Waals surface area contributed by atoms with E-state index < -0.39 is 5.56 Å². The monoisotopic (exact) mass is 253 g/mol. The van der Waals surface area contributed by atoms with Gasteiger partial charge in [-0.1, -0.05) is 6.92 Å². The van der Waals surface area contributed by atoms with Crippen molar-refractivity contribution in [3.63, 3.8) is 0 Å². The number of hydrogen-bond acceptors (Lipinski definition) is 5. The number of aromatic nitrogens is 1. The molecule has 1 fully saturated rings. The number of rotatable bonds is 2.